The summed E-state index contributed by atoms with van der Waals surface area (Å²) < 4.78 is 36.4. The number of rotatable bonds is 4. The van der Waals surface area contributed by atoms with E-state index in [2.05, 4.69) is 26.9 Å². The van der Waals surface area contributed by atoms with Crippen molar-refractivity contribution in [3.05, 3.63) is 71.9 Å². The Morgan fingerprint density at radius 1 is 1.11 bits per heavy atom. The fourth-order valence-corrected chi connectivity index (χ4v) is 5.00. The van der Waals surface area contributed by atoms with E-state index in [1.165, 1.54) is 18.3 Å². The van der Waals surface area contributed by atoms with Gasteiger partial charge in [-0.15, -0.1) is 0 Å². The topological polar surface area (TPSA) is 84.8 Å². The van der Waals surface area contributed by atoms with E-state index >= 15 is 0 Å². The molecule has 0 amide bonds. The van der Waals surface area contributed by atoms with Gasteiger partial charge in [-0.1, -0.05) is 0 Å². The number of aromatic amines is 1. The van der Waals surface area contributed by atoms with Crippen LogP contribution < -0.4 is 4.90 Å². The van der Waals surface area contributed by atoms with Crippen molar-refractivity contribution in [2.24, 2.45) is 0 Å². The molecule has 0 radical (unpaired) electrons. The van der Waals surface area contributed by atoms with Crippen molar-refractivity contribution < 1.29 is 13.5 Å². The second kappa shape index (κ2) is 9.04. The number of aryl methyl sites for hydroxylation is 1. The molecule has 1 aliphatic rings. The number of nitrogens with zero attached hydrogens (tertiary/aromatic N) is 6. The number of anilines is 1. The first-order valence-electron chi connectivity index (χ1n) is 12.1. The van der Waals surface area contributed by atoms with Crippen LogP contribution >= 0.6 is 0 Å². The van der Waals surface area contributed by atoms with Crippen LogP contribution in [0.3, 0.4) is 0 Å². The molecule has 1 N–H and O–H groups in total. The minimum Gasteiger partial charge on any atom is -0.377 e. The van der Waals surface area contributed by atoms with Gasteiger partial charge in [0.2, 0.25) is 0 Å². The summed E-state index contributed by atoms with van der Waals surface area (Å²) in [6.07, 6.45) is 4.46. The summed E-state index contributed by atoms with van der Waals surface area (Å²) in [7, 11) is 0. The van der Waals surface area contributed by atoms with Crippen LogP contribution in [0.5, 0.6) is 0 Å². The molecule has 5 heterocycles. The molecule has 0 bridgehead atoms. The summed E-state index contributed by atoms with van der Waals surface area (Å²) >= 11 is 0. The molecule has 6 rings (SSSR count). The zero-order chi connectivity index (χ0) is 25.7. The number of hydrogen-bond acceptors (Lipinski definition) is 6. The number of pyridine rings is 1. The lowest BCUT2D eigenvalue weighted by Crippen LogP contribution is -2.44. The highest BCUT2D eigenvalue weighted by molar-refractivity contribution is 5.94. The molecule has 1 fully saturated rings. The van der Waals surface area contributed by atoms with E-state index in [1.807, 2.05) is 26.0 Å². The normalized spacial score (nSPS) is 16.0. The van der Waals surface area contributed by atoms with Crippen LogP contribution in [0.15, 0.2) is 48.9 Å². The number of hydrogen-bond donors (Lipinski definition) is 1. The highest BCUT2D eigenvalue weighted by Crippen LogP contribution is 2.34. The number of fused-ring (bicyclic) bond motifs is 1. The highest BCUT2D eigenvalue weighted by atomic mass is 19.1. The third kappa shape index (κ3) is 4.03. The minimum absolute atomic E-state index is 0.0972. The standard InChI is InChI=1S/C27H25F2N7O/c1-15-14-37-9-8-35(15)25-12-23(26-16(2)34-36(17(26)3)24-5-6-30-13-21(24)29)32-27(33-25)20-10-18(28)11-22-19(20)4-7-31-22/h4-7,10-13,15,31H,8-9,14H2,1-3H3/t15-/m1/s1. The maximum absolute atomic E-state index is 14.6. The summed E-state index contributed by atoms with van der Waals surface area (Å²) in [4.78, 5) is 18.9. The van der Waals surface area contributed by atoms with Gasteiger partial charge in [-0.25, -0.2) is 23.4 Å². The minimum atomic E-state index is -0.472. The first-order valence-corrected chi connectivity index (χ1v) is 12.1. The van der Waals surface area contributed by atoms with Crippen LogP contribution in [-0.2, 0) is 4.74 Å². The Morgan fingerprint density at radius 2 is 1.97 bits per heavy atom. The molecule has 10 heteroatoms. The van der Waals surface area contributed by atoms with E-state index < -0.39 is 5.82 Å². The molecule has 8 nitrogen and oxygen atoms in total. The maximum atomic E-state index is 14.6. The van der Waals surface area contributed by atoms with Crippen molar-refractivity contribution in [2.75, 3.05) is 24.7 Å². The highest BCUT2D eigenvalue weighted by Gasteiger charge is 2.25. The van der Waals surface area contributed by atoms with Crippen LogP contribution in [0.2, 0.25) is 0 Å². The summed E-state index contributed by atoms with van der Waals surface area (Å²) in [5.41, 5.74) is 4.36. The summed E-state index contributed by atoms with van der Waals surface area (Å²) in [5.74, 6) is 0.261. The number of nitrogens with one attached hydrogen (secondary N) is 1. The van der Waals surface area contributed by atoms with Gasteiger partial charge in [0, 0.05) is 47.0 Å². The Balaban J connectivity index is 1.58. The molecule has 0 unspecified atom stereocenters. The number of ether oxygens (including phenoxy) is 1. The first-order chi connectivity index (χ1) is 17.9. The molecule has 5 aromatic rings. The second-order valence-electron chi connectivity index (χ2n) is 9.23. The number of aromatic nitrogens is 6. The van der Waals surface area contributed by atoms with Gasteiger partial charge in [0.05, 0.1) is 42.5 Å². The molecule has 4 aromatic heterocycles. The van der Waals surface area contributed by atoms with Crippen molar-refractivity contribution in [3.8, 4) is 28.3 Å². The van der Waals surface area contributed by atoms with Gasteiger partial charge >= 0.3 is 0 Å². The Labute approximate surface area is 212 Å². The first kappa shape index (κ1) is 23.2. The van der Waals surface area contributed by atoms with Crippen molar-refractivity contribution in [3.63, 3.8) is 0 Å². The van der Waals surface area contributed by atoms with E-state index in [-0.39, 0.29) is 11.9 Å². The molecule has 1 saturated heterocycles. The quantitative estimate of drug-likeness (QED) is 0.373. The second-order valence-corrected chi connectivity index (χ2v) is 9.23. The summed E-state index contributed by atoms with van der Waals surface area (Å²) in [6, 6.07) is 8.40. The Kier molecular flexibility index (Phi) is 5.68. The molecular formula is C27H25F2N7O. The predicted octanol–water partition coefficient (Wildman–Crippen LogP) is 4.99. The summed E-state index contributed by atoms with van der Waals surface area (Å²) in [5, 5.41) is 5.44. The van der Waals surface area contributed by atoms with Crippen molar-refractivity contribution >= 4 is 16.7 Å². The molecule has 1 atom stereocenters. The molecule has 37 heavy (non-hydrogen) atoms. The Morgan fingerprint density at radius 3 is 2.78 bits per heavy atom. The van der Waals surface area contributed by atoms with Crippen LogP contribution in [0, 0.1) is 25.5 Å². The molecule has 0 aliphatic carbocycles. The van der Waals surface area contributed by atoms with Gasteiger partial charge in [0.25, 0.3) is 0 Å². The van der Waals surface area contributed by atoms with Crippen LogP contribution in [0.1, 0.15) is 18.3 Å². The largest absolute Gasteiger partial charge is 0.377 e. The number of halogens is 2. The zero-order valence-electron chi connectivity index (χ0n) is 20.7. The molecular weight excluding hydrogens is 476 g/mol. The Bertz CT molecular complexity index is 1630. The van der Waals surface area contributed by atoms with E-state index in [4.69, 9.17) is 14.7 Å². The Hall–Kier alpha value is -4.18. The lowest BCUT2D eigenvalue weighted by atomic mass is 10.1. The summed E-state index contributed by atoms with van der Waals surface area (Å²) in [6.45, 7) is 7.64. The molecule has 1 aromatic carbocycles. The van der Waals surface area contributed by atoms with Crippen molar-refractivity contribution in [1.29, 1.82) is 0 Å². The van der Waals surface area contributed by atoms with Gasteiger partial charge in [0.15, 0.2) is 11.6 Å². The van der Waals surface area contributed by atoms with Crippen LogP contribution in [0.4, 0.5) is 14.6 Å². The lowest BCUT2D eigenvalue weighted by Gasteiger charge is -2.34. The molecule has 0 saturated carbocycles. The molecule has 1 aliphatic heterocycles. The molecule has 188 valence electrons. The molecule has 0 spiro atoms. The van der Waals surface area contributed by atoms with E-state index in [0.29, 0.717) is 59.6 Å². The van der Waals surface area contributed by atoms with E-state index in [1.54, 1.807) is 16.9 Å². The monoisotopic (exact) mass is 501 g/mol. The van der Waals surface area contributed by atoms with Gasteiger partial charge in [-0.2, -0.15) is 5.10 Å². The van der Waals surface area contributed by atoms with E-state index in [9.17, 15) is 8.78 Å². The van der Waals surface area contributed by atoms with Crippen molar-refractivity contribution in [1.82, 2.24) is 29.7 Å². The van der Waals surface area contributed by atoms with Gasteiger partial charge in [-0.05, 0) is 45.0 Å². The van der Waals surface area contributed by atoms with Crippen LogP contribution in [-0.4, -0.2) is 55.5 Å². The van der Waals surface area contributed by atoms with Gasteiger partial charge in [-0.3, -0.25) is 4.98 Å². The van der Waals surface area contributed by atoms with Gasteiger partial charge < -0.3 is 14.6 Å². The fraction of sp³-hybridized carbons (Fsp3) is 0.259. The van der Waals surface area contributed by atoms with E-state index in [0.717, 1.165) is 22.8 Å². The third-order valence-electron chi connectivity index (χ3n) is 6.78. The maximum Gasteiger partial charge on any atom is 0.167 e. The fourth-order valence-electron chi connectivity index (χ4n) is 5.00. The van der Waals surface area contributed by atoms with Crippen LogP contribution in [0.25, 0.3) is 39.2 Å². The third-order valence-corrected chi connectivity index (χ3v) is 6.78. The van der Waals surface area contributed by atoms with Gasteiger partial charge in [0.1, 0.15) is 17.3 Å². The SMILES string of the molecule is Cc1nn(-c2ccncc2F)c(C)c1-c1cc(N2CCOC[C@H]2C)nc(-c2cc(F)cc3[nH]ccc23)n1. The number of morpholine rings is 1. The average Bonchev–Trinajstić information content (AvgIpc) is 3.47. The average molecular weight is 502 g/mol. The van der Waals surface area contributed by atoms with Crippen molar-refractivity contribution in [2.45, 2.75) is 26.8 Å². The predicted molar refractivity (Wildman–Crippen MR) is 137 cm³/mol. The smallest absolute Gasteiger partial charge is 0.167 e. The number of benzene rings is 1. The lowest BCUT2D eigenvalue weighted by molar-refractivity contribution is 0.0985. The zero-order valence-corrected chi connectivity index (χ0v) is 20.7. The number of H-pyrrole nitrogens is 1.